The largest absolute Gasteiger partial charge is 0.496 e. The van der Waals surface area contributed by atoms with Gasteiger partial charge >= 0.3 is 0 Å². The van der Waals surface area contributed by atoms with Crippen molar-refractivity contribution in [2.45, 2.75) is 26.9 Å². The summed E-state index contributed by atoms with van der Waals surface area (Å²) in [5, 5.41) is 6.33. The van der Waals surface area contributed by atoms with Crippen LogP contribution in [0.15, 0.2) is 47.5 Å². The van der Waals surface area contributed by atoms with E-state index in [2.05, 4.69) is 21.7 Å². The Morgan fingerprint density at radius 1 is 1.16 bits per heavy atom. The number of nitrogens with zero attached hydrogens (tertiary/aromatic N) is 1. The molecule has 4 nitrogen and oxygen atoms in total. The zero-order valence-electron chi connectivity index (χ0n) is 14.8. The molecule has 2 N–H and O–H groups in total. The molecule has 2 aromatic rings. The Morgan fingerprint density at radius 3 is 2.56 bits per heavy atom. The first kappa shape index (κ1) is 21.2. The molecule has 0 heterocycles. The van der Waals surface area contributed by atoms with Gasteiger partial charge in [0.25, 0.3) is 0 Å². The van der Waals surface area contributed by atoms with E-state index in [9.17, 15) is 4.39 Å². The van der Waals surface area contributed by atoms with Gasteiger partial charge in [0.15, 0.2) is 5.96 Å². The maximum Gasteiger partial charge on any atom is 0.191 e. The van der Waals surface area contributed by atoms with Crippen LogP contribution in [-0.2, 0) is 13.1 Å². The minimum atomic E-state index is -0.216. The van der Waals surface area contributed by atoms with Crippen molar-refractivity contribution < 1.29 is 9.13 Å². The fraction of sp³-hybridized carbons (Fsp3) is 0.316. The monoisotopic (exact) mass is 457 g/mol. The lowest BCUT2D eigenvalue weighted by Crippen LogP contribution is -2.37. The summed E-state index contributed by atoms with van der Waals surface area (Å²) in [6.45, 7) is 5.67. The van der Waals surface area contributed by atoms with Crippen molar-refractivity contribution in [3.05, 3.63) is 65.0 Å². The van der Waals surface area contributed by atoms with Gasteiger partial charge in [0, 0.05) is 18.7 Å². The topological polar surface area (TPSA) is 45.7 Å². The average Bonchev–Trinajstić information content (AvgIpc) is 2.58. The number of halogens is 2. The Morgan fingerprint density at radius 2 is 1.92 bits per heavy atom. The first-order valence-corrected chi connectivity index (χ1v) is 8.03. The Kier molecular flexibility index (Phi) is 9.26. The van der Waals surface area contributed by atoms with E-state index >= 15 is 0 Å². The summed E-state index contributed by atoms with van der Waals surface area (Å²) >= 11 is 0. The molecule has 0 unspecified atom stereocenters. The number of hydrogen-bond acceptors (Lipinski definition) is 2. The Labute approximate surface area is 165 Å². The van der Waals surface area contributed by atoms with E-state index in [0.717, 1.165) is 23.4 Å². The quantitative estimate of drug-likeness (QED) is 0.392. The number of benzene rings is 2. The molecule has 2 aromatic carbocycles. The van der Waals surface area contributed by atoms with Gasteiger partial charge in [-0.2, -0.15) is 0 Å². The zero-order valence-corrected chi connectivity index (χ0v) is 17.1. The van der Waals surface area contributed by atoms with Gasteiger partial charge in [-0.15, -0.1) is 24.0 Å². The summed E-state index contributed by atoms with van der Waals surface area (Å²) in [6.07, 6.45) is 0. The summed E-state index contributed by atoms with van der Waals surface area (Å²) in [7, 11) is 1.66. The van der Waals surface area contributed by atoms with Gasteiger partial charge in [0.05, 0.1) is 13.7 Å². The van der Waals surface area contributed by atoms with Crippen LogP contribution in [0, 0.1) is 12.7 Å². The first-order valence-electron chi connectivity index (χ1n) is 8.03. The number of methoxy groups -OCH3 is 1. The summed E-state index contributed by atoms with van der Waals surface area (Å²) in [6, 6.07) is 12.7. The molecule has 0 amide bonds. The SMILES string of the molecule is CCNC(=NCc1ccc(OC)c(C)c1)NCc1ccccc1F.I. The van der Waals surface area contributed by atoms with Crippen molar-refractivity contribution in [1.82, 2.24) is 10.6 Å². The van der Waals surface area contributed by atoms with Gasteiger partial charge in [-0.25, -0.2) is 9.38 Å². The van der Waals surface area contributed by atoms with E-state index in [1.165, 1.54) is 6.07 Å². The minimum Gasteiger partial charge on any atom is -0.496 e. The highest BCUT2D eigenvalue weighted by molar-refractivity contribution is 14.0. The molecule has 0 aromatic heterocycles. The van der Waals surface area contributed by atoms with E-state index in [0.29, 0.717) is 24.6 Å². The standard InChI is InChI=1S/C19H24FN3O.HI/c1-4-21-19(23-13-16-7-5-6-8-17(16)20)22-12-15-9-10-18(24-3)14(2)11-15;/h5-11H,4,12-13H2,1-3H3,(H2,21,22,23);1H. The maximum atomic E-state index is 13.7. The number of aryl methyl sites for hydroxylation is 1. The van der Waals surface area contributed by atoms with Crippen molar-refractivity contribution in [3.8, 4) is 5.75 Å². The predicted octanol–water partition coefficient (Wildman–Crippen LogP) is 4.02. The van der Waals surface area contributed by atoms with Crippen LogP contribution in [0.2, 0.25) is 0 Å². The van der Waals surface area contributed by atoms with Crippen molar-refractivity contribution in [2.75, 3.05) is 13.7 Å². The van der Waals surface area contributed by atoms with E-state index in [1.807, 2.05) is 32.0 Å². The molecule has 0 radical (unpaired) electrons. The average molecular weight is 457 g/mol. The van der Waals surface area contributed by atoms with Crippen LogP contribution >= 0.6 is 24.0 Å². The van der Waals surface area contributed by atoms with Crippen molar-refractivity contribution in [2.24, 2.45) is 4.99 Å². The molecule has 0 bridgehead atoms. The van der Waals surface area contributed by atoms with Crippen LogP contribution in [0.5, 0.6) is 5.75 Å². The fourth-order valence-corrected chi connectivity index (χ4v) is 2.37. The predicted molar refractivity (Wildman–Crippen MR) is 111 cm³/mol. The highest BCUT2D eigenvalue weighted by Crippen LogP contribution is 2.18. The highest BCUT2D eigenvalue weighted by atomic mass is 127. The van der Waals surface area contributed by atoms with E-state index in [-0.39, 0.29) is 29.8 Å². The summed E-state index contributed by atoms with van der Waals surface area (Å²) in [4.78, 5) is 4.56. The van der Waals surface area contributed by atoms with Crippen LogP contribution in [0.4, 0.5) is 4.39 Å². The summed E-state index contributed by atoms with van der Waals surface area (Å²) in [5.41, 5.74) is 2.79. The smallest absolute Gasteiger partial charge is 0.191 e. The summed E-state index contributed by atoms with van der Waals surface area (Å²) < 4.78 is 18.9. The molecular weight excluding hydrogens is 432 g/mol. The van der Waals surface area contributed by atoms with Crippen molar-refractivity contribution in [1.29, 1.82) is 0 Å². The second kappa shape index (κ2) is 10.9. The third kappa shape index (κ3) is 6.53. The zero-order chi connectivity index (χ0) is 17.4. The number of nitrogens with one attached hydrogen (secondary N) is 2. The van der Waals surface area contributed by atoms with Crippen LogP contribution in [-0.4, -0.2) is 19.6 Å². The normalized spacial score (nSPS) is 10.8. The van der Waals surface area contributed by atoms with Gasteiger partial charge < -0.3 is 15.4 Å². The number of ether oxygens (including phenoxy) is 1. The second-order valence-corrected chi connectivity index (χ2v) is 5.44. The Hall–Kier alpha value is -1.83. The molecule has 0 atom stereocenters. The maximum absolute atomic E-state index is 13.7. The van der Waals surface area contributed by atoms with Crippen molar-refractivity contribution >= 4 is 29.9 Å². The molecule has 0 spiro atoms. The van der Waals surface area contributed by atoms with E-state index in [1.54, 1.807) is 19.2 Å². The molecule has 0 saturated carbocycles. The molecule has 2 rings (SSSR count). The van der Waals surface area contributed by atoms with Crippen LogP contribution in [0.1, 0.15) is 23.6 Å². The van der Waals surface area contributed by atoms with E-state index < -0.39 is 0 Å². The van der Waals surface area contributed by atoms with Crippen LogP contribution < -0.4 is 15.4 Å². The van der Waals surface area contributed by atoms with Gasteiger partial charge in [0.2, 0.25) is 0 Å². The second-order valence-electron chi connectivity index (χ2n) is 5.44. The van der Waals surface area contributed by atoms with Gasteiger partial charge in [-0.1, -0.05) is 30.3 Å². The number of rotatable bonds is 6. The van der Waals surface area contributed by atoms with E-state index in [4.69, 9.17) is 4.74 Å². The lowest BCUT2D eigenvalue weighted by Gasteiger charge is -2.12. The highest BCUT2D eigenvalue weighted by Gasteiger charge is 2.03. The van der Waals surface area contributed by atoms with Gasteiger partial charge in [-0.3, -0.25) is 0 Å². The molecule has 25 heavy (non-hydrogen) atoms. The molecule has 0 fully saturated rings. The third-order valence-electron chi connectivity index (χ3n) is 3.63. The molecule has 0 saturated heterocycles. The minimum absolute atomic E-state index is 0. The lowest BCUT2D eigenvalue weighted by atomic mass is 10.1. The molecule has 6 heteroatoms. The summed E-state index contributed by atoms with van der Waals surface area (Å²) in [5.74, 6) is 1.31. The molecule has 0 aliphatic carbocycles. The molecule has 136 valence electrons. The number of aliphatic imine (C=N–C) groups is 1. The number of guanidine groups is 1. The third-order valence-corrected chi connectivity index (χ3v) is 3.63. The Balaban J connectivity index is 0.00000312. The lowest BCUT2D eigenvalue weighted by molar-refractivity contribution is 0.411. The fourth-order valence-electron chi connectivity index (χ4n) is 2.37. The Bertz CT molecular complexity index is 707. The van der Waals surface area contributed by atoms with Crippen LogP contribution in [0.25, 0.3) is 0 Å². The number of hydrogen-bond donors (Lipinski definition) is 2. The van der Waals surface area contributed by atoms with Crippen LogP contribution in [0.3, 0.4) is 0 Å². The first-order chi connectivity index (χ1) is 11.6. The van der Waals surface area contributed by atoms with Gasteiger partial charge in [0.1, 0.15) is 11.6 Å². The van der Waals surface area contributed by atoms with Crippen molar-refractivity contribution in [3.63, 3.8) is 0 Å². The molecule has 0 aliphatic rings. The molecule has 0 aliphatic heterocycles. The molecular formula is C19H25FIN3O. The van der Waals surface area contributed by atoms with Gasteiger partial charge in [-0.05, 0) is 37.1 Å².